The van der Waals surface area contributed by atoms with Crippen LogP contribution in [-0.2, 0) is 98.1 Å². The summed E-state index contributed by atoms with van der Waals surface area (Å²) in [6.07, 6.45) is 0. The molecule has 0 N–H and O–H groups in total. The van der Waals surface area contributed by atoms with Crippen LogP contribution >= 0.6 is 0 Å². The first-order valence-corrected chi connectivity index (χ1v) is 0.577. The zero-order valence-electron chi connectivity index (χ0n) is 3.31. The van der Waals surface area contributed by atoms with Crippen LogP contribution in [0.15, 0.2) is 0 Å². The van der Waals surface area contributed by atoms with E-state index in [1.54, 1.807) is 0 Å². The molecule has 0 saturated carbocycles. The van der Waals surface area contributed by atoms with Crippen LogP contribution in [0, 0.1) is 0 Å². The van der Waals surface area contributed by atoms with Gasteiger partial charge in [0.25, 0.3) is 0 Å². The molecule has 0 aliphatic rings. The zero-order chi connectivity index (χ0) is 2.00. The predicted octanol–water partition coefficient (Wildman–Crippen LogP) is 0.832. The average molecular weight is 309 g/mol. The van der Waals surface area contributed by atoms with Crippen molar-refractivity contribution >= 4 is 7.85 Å². The molecule has 0 atom stereocenters. The first kappa shape index (κ1) is 34.3. The molecular weight excluding hydrogens is 302 g/mol. The van der Waals surface area contributed by atoms with Gasteiger partial charge in [0.1, 0.15) is 0 Å². The average Bonchev–Trinajstić information content (AvgIpc) is 1.00. The number of rotatable bonds is 0. The minimum Gasteiger partial charge on any atom is -0.0999 e. The SMILES string of the molecule is C.[B]C.[Y].[Y].[Y]. The molecule has 0 aromatic heterocycles. The van der Waals surface area contributed by atoms with Crippen molar-refractivity contribution < 1.29 is 98.1 Å². The molecule has 0 saturated heterocycles. The third-order valence-electron chi connectivity index (χ3n) is 0. The fourth-order valence-electron chi connectivity index (χ4n) is 0. The van der Waals surface area contributed by atoms with Crippen molar-refractivity contribution in [2.24, 2.45) is 0 Å². The van der Waals surface area contributed by atoms with Crippen molar-refractivity contribution in [2.75, 3.05) is 0 Å². The summed E-state index contributed by atoms with van der Waals surface area (Å²) in [4.78, 5) is 0. The van der Waals surface area contributed by atoms with Crippen molar-refractivity contribution in [1.82, 2.24) is 0 Å². The molecule has 0 amide bonds. The van der Waals surface area contributed by atoms with Crippen LogP contribution in [0.1, 0.15) is 7.43 Å². The van der Waals surface area contributed by atoms with E-state index in [0.717, 1.165) is 0 Å². The Bertz CT molecular complexity index is 8.75. The molecule has 0 aliphatic carbocycles. The zero-order valence-corrected chi connectivity index (χ0v) is 11.8. The van der Waals surface area contributed by atoms with Gasteiger partial charge in [0.2, 0.25) is 0 Å². The summed E-state index contributed by atoms with van der Waals surface area (Å²) < 4.78 is 0. The van der Waals surface area contributed by atoms with E-state index in [2.05, 4.69) is 7.85 Å². The Morgan fingerprint density at radius 1 is 0.833 bits per heavy atom. The van der Waals surface area contributed by atoms with Gasteiger partial charge in [-0.15, -0.1) is 0 Å². The number of hydrogen-bond donors (Lipinski definition) is 0. The van der Waals surface area contributed by atoms with Gasteiger partial charge in [-0.2, -0.15) is 0 Å². The van der Waals surface area contributed by atoms with E-state index >= 15 is 0 Å². The standard InChI is InChI=1S/CH3B.CH4.3Y/c1-2;;;;/h1H3;1H4;;;. The van der Waals surface area contributed by atoms with Crippen molar-refractivity contribution in [3.63, 3.8) is 0 Å². The maximum absolute atomic E-state index is 4.50. The Balaban J connectivity index is -0.000000000833. The van der Waals surface area contributed by atoms with Gasteiger partial charge in [-0.1, -0.05) is 14.2 Å². The van der Waals surface area contributed by atoms with Gasteiger partial charge < -0.3 is 0 Å². The van der Waals surface area contributed by atoms with Gasteiger partial charge in [0.15, 0.2) is 0 Å². The normalized spacial score (nSPS) is 0.833. The molecule has 0 heterocycles. The third kappa shape index (κ3) is 26.3. The van der Waals surface area contributed by atoms with E-state index in [1.165, 1.54) is 6.82 Å². The maximum Gasteiger partial charge on any atom is 0.0606 e. The Morgan fingerprint density at radius 3 is 0.833 bits per heavy atom. The minimum atomic E-state index is 0. The van der Waals surface area contributed by atoms with Crippen LogP contribution in [0.2, 0.25) is 6.82 Å². The largest absolute Gasteiger partial charge is 0.0999 e. The quantitative estimate of drug-likeness (QED) is 0.582. The van der Waals surface area contributed by atoms with E-state index in [-0.39, 0.29) is 106 Å². The summed E-state index contributed by atoms with van der Waals surface area (Å²) in [6.45, 7) is 1.50. The van der Waals surface area contributed by atoms with Crippen LogP contribution in [0.25, 0.3) is 0 Å². The minimum absolute atomic E-state index is 0. The Kier molecular flexibility index (Phi) is 229. The van der Waals surface area contributed by atoms with Crippen LogP contribution in [0.5, 0.6) is 0 Å². The van der Waals surface area contributed by atoms with Crippen LogP contribution in [0.4, 0.5) is 0 Å². The molecular formula is C2H7BY3. The molecule has 27 valence electrons. The fourth-order valence-corrected chi connectivity index (χ4v) is 0. The third-order valence-corrected chi connectivity index (χ3v) is 0. The first-order chi connectivity index (χ1) is 1.00. The Morgan fingerprint density at radius 2 is 0.833 bits per heavy atom. The molecule has 6 heavy (non-hydrogen) atoms. The molecule has 0 nitrogen and oxygen atoms in total. The van der Waals surface area contributed by atoms with Crippen LogP contribution < -0.4 is 0 Å². The summed E-state index contributed by atoms with van der Waals surface area (Å²) in [5.74, 6) is 0. The van der Waals surface area contributed by atoms with Crippen molar-refractivity contribution in [3.8, 4) is 0 Å². The smallest absolute Gasteiger partial charge is 0.0606 e. The molecule has 0 aromatic carbocycles. The summed E-state index contributed by atoms with van der Waals surface area (Å²) in [7, 11) is 4.50. The van der Waals surface area contributed by atoms with E-state index < -0.39 is 0 Å². The predicted molar refractivity (Wildman–Crippen MR) is 18.3 cm³/mol. The molecule has 0 aromatic rings. The summed E-state index contributed by atoms with van der Waals surface area (Å²) in [6, 6.07) is 0. The fraction of sp³-hybridized carbons (Fsp3) is 1.00. The van der Waals surface area contributed by atoms with Crippen molar-refractivity contribution in [2.45, 2.75) is 14.2 Å². The van der Waals surface area contributed by atoms with Gasteiger partial charge in [0.05, 0.1) is 7.85 Å². The molecule has 0 rings (SSSR count). The summed E-state index contributed by atoms with van der Waals surface area (Å²) in [5.41, 5.74) is 0. The molecule has 0 unspecified atom stereocenters. The molecule has 4 heteroatoms. The van der Waals surface area contributed by atoms with Crippen LogP contribution in [0.3, 0.4) is 0 Å². The number of hydrogen-bond acceptors (Lipinski definition) is 0. The van der Waals surface area contributed by atoms with E-state index in [4.69, 9.17) is 0 Å². The topological polar surface area (TPSA) is 0 Å². The van der Waals surface area contributed by atoms with Gasteiger partial charge >= 0.3 is 0 Å². The van der Waals surface area contributed by atoms with Crippen molar-refractivity contribution in [1.29, 1.82) is 0 Å². The molecule has 0 aliphatic heterocycles. The van der Waals surface area contributed by atoms with E-state index in [9.17, 15) is 0 Å². The van der Waals surface area contributed by atoms with Gasteiger partial charge in [-0.25, -0.2) is 0 Å². The summed E-state index contributed by atoms with van der Waals surface area (Å²) in [5, 5.41) is 0. The monoisotopic (exact) mass is 309 g/mol. The maximum atomic E-state index is 4.50. The first-order valence-electron chi connectivity index (χ1n) is 0.577. The molecule has 5 radical (unpaired) electrons. The second kappa shape index (κ2) is 40.0. The Labute approximate surface area is 117 Å². The van der Waals surface area contributed by atoms with Gasteiger partial charge in [-0.3, -0.25) is 0 Å². The second-order valence-corrected chi connectivity index (χ2v) is 0. The van der Waals surface area contributed by atoms with E-state index in [0.29, 0.717) is 0 Å². The Hall–Kier alpha value is 3.38. The molecule has 0 fully saturated rings. The van der Waals surface area contributed by atoms with Crippen molar-refractivity contribution in [3.05, 3.63) is 0 Å². The molecule has 0 spiro atoms. The summed E-state index contributed by atoms with van der Waals surface area (Å²) >= 11 is 0. The van der Waals surface area contributed by atoms with Gasteiger partial charge in [0, 0.05) is 98.1 Å². The van der Waals surface area contributed by atoms with E-state index in [1.807, 2.05) is 0 Å². The molecule has 0 bridgehead atoms. The van der Waals surface area contributed by atoms with Crippen LogP contribution in [-0.4, -0.2) is 7.85 Å². The second-order valence-electron chi connectivity index (χ2n) is 0. The van der Waals surface area contributed by atoms with Gasteiger partial charge in [-0.05, 0) is 0 Å².